The topological polar surface area (TPSA) is 49.8 Å². The van der Waals surface area contributed by atoms with Crippen LogP contribution in [0.5, 0.6) is 5.75 Å². The van der Waals surface area contributed by atoms with Gasteiger partial charge in [-0.3, -0.25) is 9.69 Å². The molecule has 1 unspecified atom stereocenters. The van der Waals surface area contributed by atoms with Crippen molar-refractivity contribution in [1.82, 2.24) is 4.90 Å². The standard InChI is InChI=1S/C17H25NO3/c1-13(18(12-17(19)20)11-15-5-6-15)3-4-14-7-9-16(21-2)10-8-14/h7-10,13,15H,3-6,11-12H2,1-2H3,(H,19,20). The number of carboxylic acids is 1. The van der Waals surface area contributed by atoms with Gasteiger partial charge in [0.15, 0.2) is 0 Å². The molecule has 0 amide bonds. The molecule has 4 heteroatoms. The van der Waals surface area contributed by atoms with Crippen molar-refractivity contribution in [2.45, 2.75) is 38.6 Å². The second-order valence-electron chi connectivity index (χ2n) is 6.00. The molecule has 0 aromatic heterocycles. The zero-order valence-electron chi connectivity index (χ0n) is 12.9. The summed E-state index contributed by atoms with van der Waals surface area (Å²) < 4.78 is 5.15. The quantitative estimate of drug-likeness (QED) is 0.760. The van der Waals surface area contributed by atoms with E-state index < -0.39 is 5.97 Å². The van der Waals surface area contributed by atoms with Gasteiger partial charge in [0.2, 0.25) is 0 Å². The van der Waals surface area contributed by atoms with Crippen molar-refractivity contribution in [3.05, 3.63) is 29.8 Å². The fourth-order valence-corrected chi connectivity index (χ4v) is 2.56. The van der Waals surface area contributed by atoms with E-state index in [0.29, 0.717) is 12.0 Å². The number of rotatable bonds is 9. The average molecular weight is 291 g/mol. The Morgan fingerprint density at radius 3 is 2.57 bits per heavy atom. The number of aliphatic carboxylic acids is 1. The molecule has 0 radical (unpaired) electrons. The smallest absolute Gasteiger partial charge is 0.317 e. The van der Waals surface area contributed by atoms with Crippen LogP contribution in [0.15, 0.2) is 24.3 Å². The van der Waals surface area contributed by atoms with E-state index >= 15 is 0 Å². The first-order valence-corrected chi connectivity index (χ1v) is 7.67. The number of aryl methyl sites for hydroxylation is 1. The summed E-state index contributed by atoms with van der Waals surface area (Å²) >= 11 is 0. The van der Waals surface area contributed by atoms with E-state index in [4.69, 9.17) is 9.84 Å². The summed E-state index contributed by atoms with van der Waals surface area (Å²) in [6.45, 7) is 3.21. The van der Waals surface area contributed by atoms with Crippen molar-refractivity contribution in [2.75, 3.05) is 20.2 Å². The monoisotopic (exact) mass is 291 g/mol. The summed E-state index contributed by atoms with van der Waals surface area (Å²) in [5, 5.41) is 9.05. The van der Waals surface area contributed by atoms with Gasteiger partial charge in [0, 0.05) is 12.6 Å². The largest absolute Gasteiger partial charge is 0.497 e. The third kappa shape index (κ3) is 5.38. The van der Waals surface area contributed by atoms with Gasteiger partial charge >= 0.3 is 5.97 Å². The van der Waals surface area contributed by atoms with Crippen LogP contribution < -0.4 is 4.74 Å². The number of carbonyl (C=O) groups is 1. The van der Waals surface area contributed by atoms with Crippen LogP contribution in [-0.2, 0) is 11.2 Å². The van der Waals surface area contributed by atoms with Crippen molar-refractivity contribution in [1.29, 1.82) is 0 Å². The number of hydrogen-bond donors (Lipinski definition) is 1. The highest BCUT2D eigenvalue weighted by molar-refractivity contribution is 5.69. The first-order chi connectivity index (χ1) is 10.1. The maximum Gasteiger partial charge on any atom is 0.317 e. The molecule has 0 bridgehead atoms. The van der Waals surface area contributed by atoms with Crippen molar-refractivity contribution in [2.24, 2.45) is 5.92 Å². The summed E-state index contributed by atoms with van der Waals surface area (Å²) in [4.78, 5) is 13.1. The highest BCUT2D eigenvalue weighted by Crippen LogP contribution is 2.30. The van der Waals surface area contributed by atoms with Crippen LogP contribution in [0.2, 0.25) is 0 Å². The molecule has 1 aromatic carbocycles. The van der Waals surface area contributed by atoms with Crippen LogP contribution in [0.4, 0.5) is 0 Å². The van der Waals surface area contributed by atoms with Crippen LogP contribution in [0.25, 0.3) is 0 Å². The Bertz CT molecular complexity index is 454. The summed E-state index contributed by atoms with van der Waals surface area (Å²) in [6.07, 6.45) is 4.45. The molecular weight excluding hydrogens is 266 g/mol. The summed E-state index contributed by atoms with van der Waals surface area (Å²) in [5.41, 5.74) is 1.27. The molecule has 1 aliphatic carbocycles. The molecule has 21 heavy (non-hydrogen) atoms. The van der Waals surface area contributed by atoms with Crippen LogP contribution in [0.3, 0.4) is 0 Å². The predicted molar refractivity (Wildman–Crippen MR) is 82.7 cm³/mol. The minimum absolute atomic E-state index is 0.153. The zero-order chi connectivity index (χ0) is 15.2. The molecule has 0 spiro atoms. The van der Waals surface area contributed by atoms with Gasteiger partial charge in [0.25, 0.3) is 0 Å². The second kappa shape index (κ2) is 7.46. The molecule has 0 aliphatic heterocycles. The molecule has 4 nitrogen and oxygen atoms in total. The molecular formula is C17H25NO3. The van der Waals surface area contributed by atoms with E-state index in [1.165, 1.54) is 18.4 Å². The molecule has 1 aliphatic rings. The molecule has 1 atom stereocenters. The van der Waals surface area contributed by atoms with Crippen LogP contribution in [0.1, 0.15) is 31.7 Å². The summed E-state index contributed by atoms with van der Waals surface area (Å²) in [6, 6.07) is 8.39. The Morgan fingerprint density at radius 1 is 1.38 bits per heavy atom. The molecule has 0 heterocycles. The predicted octanol–water partition coefficient (Wildman–Crippen LogP) is 2.81. The van der Waals surface area contributed by atoms with Crippen molar-refractivity contribution in [3.63, 3.8) is 0 Å². The van der Waals surface area contributed by atoms with E-state index in [2.05, 4.69) is 24.0 Å². The van der Waals surface area contributed by atoms with E-state index in [1.807, 2.05) is 12.1 Å². The van der Waals surface area contributed by atoms with Crippen LogP contribution in [0, 0.1) is 5.92 Å². The fraction of sp³-hybridized carbons (Fsp3) is 0.588. The molecule has 2 rings (SSSR count). The summed E-state index contributed by atoms with van der Waals surface area (Å²) in [5.74, 6) is 0.854. The van der Waals surface area contributed by atoms with Crippen molar-refractivity contribution < 1.29 is 14.6 Å². The average Bonchev–Trinajstić information content (AvgIpc) is 3.28. The third-order valence-corrected chi connectivity index (χ3v) is 4.16. The minimum atomic E-state index is -0.730. The van der Waals surface area contributed by atoms with E-state index in [9.17, 15) is 4.79 Å². The number of methoxy groups -OCH3 is 1. The Hall–Kier alpha value is -1.55. The van der Waals surface area contributed by atoms with Gasteiger partial charge in [-0.15, -0.1) is 0 Å². The lowest BCUT2D eigenvalue weighted by molar-refractivity contribution is -0.139. The Labute approximate surface area is 126 Å². The summed E-state index contributed by atoms with van der Waals surface area (Å²) in [7, 11) is 1.67. The van der Waals surface area contributed by atoms with Gasteiger partial charge in [-0.1, -0.05) is 12.1 Å². The highest BCUT2D eigenvalue weighted by Gasteiger charge is 2.27. The van der Waals surface area contributed by atoms with Crippen LogP contribution in [-0.4, -0.2) is 42.2 Å². The lowest BCUT2D eigenvalue weighted by atomic mass is 10.0. The van der Waals surface area contributed by atoms with Crippen molar-refractivity contribution in [3.8, 4) is 5.75 Å². The number of hydrogen-bond acceptors (Lipinski definition) is 3. The lowest BCUT2D eigenvalue weighted by Gasteiger charge is -2.27. The molecule has 1 fully saturated rings. The third-order valence-electron chi connectivity index (χ3n) is 4.16. The normalized spacial score (nSPS) is 16.0. The van der Waals surface area contributed by atoms with E-state index in [0.717, 1.165) is 25.1 Å². The lowest BCUT2D eigenvalue weighted by Crippen LogP contribution is -2.39. The Morgan fingerprint density at radius 2 is 2.05 bits per heavy atom. The van der Waals surface area contributed by atoms with Gasteiger partial charge in [0.1, 0.15) is 5.75 Å². The zero-order valence-corrected chi connectivity index (χ0v) is 12.9. The fourth-order valence-electron chi connectivity index (χ4n) is 2.56. The number of ether oxygens (including phenoxy) is 1. The second-order valence-corrected chi connectivity index (χ2v) is 6.00. The maximum atomic E-state index is 11.0. The molecule has 1 aromatic rings. The molecule has 116 valence electrons. The Balaban J connectivity index is 1.84. The molecule has 1 saturated carbocycles. The Kier molecular flexibility index (Phi) is 5.62. The molecule has 1 N–H and O–H groups in total. The highest BCUT2D eigenvalue weighted by atomic mass is 16.5. The molecule has 0 saturated heterocycles. The van der Waals surface area contributed by atoms with Gasteiger partial charge in [-0.2, -0.15) is 0 Å². The van der Waals surface area contributed by atoms with Gasteiger partial charge < -0.3 is 9.84 Å². The first kappa shape index (κ1) is 15.8. The first-order valence-electron chi connectivity index (χ1n) is 7.67. The number of carboxylic acid groups (broad SMARTS) is 1. The van der Waals surface area contributed by atoms with Crippen LogP contribution >= 0.6 is 0 Å². The maximum absolute atomic E-state index is 11.0. The SMILES string of the molecule is COc1ccc(CCC(C)N(CC(=O)O)CC2CC2)cc1. The van der Waals surface area contributed by atoms with Crippen molar-refractivity contribution >= 4 is 5.97 Å². The van der Waals surface area contributed by atoms with E-state index in [-0.39, 0.29) is 6.54 Å². The van der Waals surface area contributed by atoms with Gasteiger partial charge in [-0.05, 0) is 56.2 Å². The van der Waals surface area contributed by atoms with Gasteiger partial charge in [0.05, 0.1) is 13.7 Å². The number of nitrogens with zero attached hydrogens (tertiary/aromatic N) is 1. The minimum Gasteiger partial charge on any atom is -0.497 e. The number of benzene rings is 1. The van der Waals surface area contributed by atoms with E-state index in [1.54, 1.807) is 7.11 Å². The van der Waals surface area contributed by atoms with Gasteiger partial charge in [-0.25, -0.2) is 0 Å².